The number of rotatable bonds is 20. The fraction of sp³-hybridized carbons (Fsp3) is 0.590. The Kier molecular flexibility index (Phi) is 27.1. The molecule has 1 aromatic heterocycles. The highest BCUT2D eigenvalue weighted by Gasteiger charge is 2.32. The van der Waals surface area contributed by atoms with Gasteiger partial charge < -0.3 is 30.6 Å². The average molecular weight is 820 g/mol. The van der Waals surface area contributed by atoms with Crippen LogP contribution in [0.3, 0.4) is 0 Å². The molecule has 4 atom stereocenters. The molecule has 3 rings (SSSR count). The minimum atomic E-state index is -4.29. The minimum Gasteiger partial charge on any atom is -0.386 e. The summed E-state index contributed by atoms with van der Waals surface area (Å²) in [5.74, 6) is 1.53. The van der Waals surface area contributed by atoms with E-state index in [0.717, 1.165) is 83.9 Å². The summed E-state index contributed by atoms with van der Waals surface area (Å²) in [6, 6.07) is 21.7. The highest BCUT2D eigenvalue weighted by atomic mass is 32.2. The van der Waals surface area contributed by atoms with Crippen LogP contribution in [0.4, 0.5) is 4.39 Å². The first-order valence-electron chi connectivity index (χ1n) is 18.3. The molecule has 0 fully saturated rings. The first kappa shape index (κ1) is 51.4. The molecule has 2 aromatic carbocycles. The van der Waals surface area contributed by atoms with Gasteiger partial charge in [-0.1, -0.05) is 82.3 Å². The molecule has 304 valence electrons. The van der Waals surface area contributed by atoms with Gasteiger partial charge in [0.15, 0.2) is 0 Å². The minimum absolute atomic E-state index is 0.0247. The van der Waals surface area contributed by atoms with Crippen molar-refractivity contribution in [3.63, 3.8) is 0 Å². The van der Waals surface area contributed by atoms with Crippen LogP contribution in [0.1, 0.15) is 119 Å². The van der Waals surface area contributed by atoms with Crippen molar-refractivity contribution in [3.8, 4) is 0 Å². The molecule has 4 unspecified atom stereocenters. The summed E-state index contributed by atoms with van der Waals surface area (Å²) in [5.41, 5.74) is 8.39. The van der Waals surface area contributed by atoms with E-state index in [4.69, 9.17) is 19.4 Å². The third kappa shape index (κ3) is 19.7. The molecule has 0 aliphatic rings. The second-order valence-electron chi connectivity index (χ2n) is 12.9. The van der Waals surface area contributed by atoms with Gasteiger partial charge in [0.1, 0.15) is 17.5 Å². The van der Waals surface area contributed by atoms with Crippen LogP contribution in [0.15, 0.2) is 66.7 Å². The Morgan fingerprint density at radius 1 is 0.868 bits per heavy atom. The van der Waals surface area contributed by atoms with E-state index in [-0.39, 0.29) is 24.0 Å². The van der Waals surface area contributed by atoms with E-state index in [1.165, 1.54) is 16.9 Å². The van der Waals surface area contributed by atoms with E-state index in [0.29, 0.717) is 11.3 Å². The molecular weight excluding hydrogens is 754 g/mol. The molecule has 0 aliphatic heterocycles. The van der Waals surface area contributed by atoms with E-state index < -0.39 is 27.6 Å². The second kappa shape index (κ2) is 27.9. The molecule has 0 saturated heterocycles. The van der Waals surface area contributed by atoms with Crippen molar-refractivity contribution in [1.82, 2.24) is 10.6 Å². The van der Waals surface area contributed by atoms with Crippen molar-refractivity contribution >= 4 is 45.5 Å². The number of aryl methyl sites for hydroxylation is 1. The summed E-state index contributed by atoms with van der Waals surface area (Å²) in [6.45, 7) is 18.2. The predicted molar refractivity (Wildman–Crippen MR) is 227 cm³/mol. The molecule has 0 bridgehead atoms. The van der Waals surface area contributed by atoms with Crippen molar-refractivity contribution in [3.05, 3.63) is 93.2 Å². The van der Waals surface area contributed by atoms with Crippen LogP contribution in [0.5, 0.6) is 0 Å². The molecule has 8 N–H and O–H groups in total. The van der Waals surface area contributed by atoms with Gasteiger partial charge in [-0.15, -0.1) is 11.3 Å². The van der Waals surface area contributed by atoms with E-state index >= 15 is 0 Å². The first-order chi connectivity index (χ1) is 25.1. The van der Waals surface area contributed by atoms with Gasteiger partial charge in [-0.05, 0) is 132 Å². The number of halogens is 1. The van der Waals surface area contributed by atoms with E-state index in [1.54, 1.807) is 12.1 Å². The lowest BCUT2D eigenvalue weighted by atomic mass is 9.89. The zero-order valence-corrected chi connectivity index (χ0v) is 36.1. The lowest BCUT2D eigenvalue weighted by Gasteiger charge is -2.30. The molecule has 0 spiro atoms. The Hall–Kier alpha value is -1.56. The zero-order valence-electron chi connectivity index (χ0n) is 32.8. The highest BCUT2D eigenvalue weighted by molar-refractivity contribution is 7.93. The summed E-state index contributed by atoms with van der Waals surface area (Å²) in [5, 5.41) is 15.6. The number of nitrogens with two attached hydrogens (primary N) is 1. The van der Waals surface area contributed by atoms with Crippen LogP contribution in [-0.2, 0) is 21.2 Å². The lowest BCUT2D eigenvalue weighted by Crippen LogP contribution is -2.39. The number of alkyl halides is 1. The van der Waals surface area contributed by atoms with E-state index in [9.17, 15) is 17.9 Å². The van der Waals surface area contributed by atoms with Gasteiger partial charge in [0, 0.05) is 32.3 Å². The SMILES string of the molecule is CC.CCC(C)(NCCCSO)c1ccccc1.CCC(F)c1ccc(C(C)(C)NCCCSO)cc1.Cc1ccc(C(O)C(CCN)S(=O)(=O)O)s1. The number of aliphatic hydroxyl groups is 1. The van der Waals surface area contributed by atoms with Gasteiger partial charge in [0.25, 0.3) is 10.1 Å². The second-order valence-corrected chi connectivity index (χ2v) is 17.2. The summed E-state index contributed by atoms with van der Waals surface area (Å²) in [4.78, 5) is 1.49. The number of hydrogen-bond donors (Lipinski definition) is 7. The van der Waals surface area contributed by atoms with Crippen LogP contribution in [0.25, 0.3) is 0 Å². The summed E-state index contributed by atoms with van der Waals surface area (Å²) >= 11 is 3.09. The van der Waals surface area contributed by atoms with E-state index in [2.05, 4.69) is 62.6 Å². The normalized spacial score (nSPS) is 14.2. The van der Waals surface area contributed by atoms with Crippen molar-refractivity contribution < 1.29 is 31.6 Å². The molecule has 14 heteroatoms. The standard InChI is InChI=1S/C15H24FNOS.C13H21NOS.C9H15NO4S2.C2H6/c1-4-14(16)12-6-8-13(9-7-12)15(2,3)17-10-5-11-19-18;1-3-13(2,14-10-7-11-16-15)12-8-5-4-6-9-12;1-6-2-3-7(15-6)9(11)8(4-5-10)16(12,13)14;1-2/h6-9,14,17-18H,4-5,10-11H2,1-3H3;4-6,8-9,14-15H,3,7,10-11H2,1-2H3;2-3,8-9,11H,4-5,10H2,1H3,(H,12,13,14);1-2H3. The Morgan fingerprint density at radius 2 is 1.42 bits per heavy atom. The third-order valence-electron chi connectivity index (χ3n) is 8.62. The fourth-order valence-corrected chi connectivity index (χ4v) is 7.62. The summed E-state index contributed by atoms with van der Waals surface area (Å²) in [7, 11) is -4.29. The topological polar surface area (TPSA) is 165 Å². The van der Waals surface area contributed by atoms with Crippen molar-refractivity contribution in [2.75, 3.05) is 31.1 Å². The van der Waals surface area contributed by atoms with Crippen LogP contribution in [-0.4, -0.2) is 63.6 Å². The number of hydrogen-bond acceptors (Lipinski definition) is 11. The largest absolute Gasteiger partial charge is 0.386 e. The summed E-state index contributed by atoms with van der Waals surface area (Å²) < 4.78 is 62.1. The third-order valence-corrected chi connectivity index (χ3v) is 11.9. The Morgan fingerprint density at radius 3 is 1.85 bits per heavy atom. The highest BCUT2D eigenvalue weighted by Crippen LogP contribution is 2.30. The predicted octanol–water partition coefficient (Wildman–Crippen LogP) is 9.75. The van der Waals surface area contributed by atoms with Gasteiger partial charge in [-0.25, -0.2) is 4.39 Å². The fourth-order valence-electron chi connectivity index (χ4n) is 5.15. The van der Waals surface area contributed by atoms with Crippen LogP contribution >= 0.6 is 35.4 Å². The van der Waals surface area contributed by atoms with Crippen molar-refractivity contribution in [1.29, 1.82) is 0 Å². The molecule has 0 radical (unpaired) electrons. The maximum absolute atomic E-state index is 13.5. The average Bonchev–Trinajstić information content (AvgIpc) is 3.61. The number of aliphatic hydroxyl groups excluding tert-OH is 1. The number of thiophene rings is 1. The van der Waals surface area contributed by atoms with Gasteiger partial charge >= 0.3 is 0 Å². The molecule has 0 amide bonds. The van der Waals surface area contributed by atoms with E-state index in [1.807, 2.05) is 58.0 Å². The van der Waals surface area contributed by atoms with Gasteiger partial charge in [0.05, 0.1) is 0 Å². The Balaban J connectivity index is 0.000000751. The maximum Gasteiger partial charge on any atom is 0.270 e. The molecule has 0 saturated carbocycles. The summed E-state index contributed by atoms with van der Waals surface area (Å²) in [6.07, 6.45) is 1.42. The molecule has 1 heterocycles. The quantitative estimate of drug-likeness (QED) is 0.0330. The van der Waals surface area contributed by atoms with Gasteiger partial charge in [-0.3, -0.25) is 4.55 Å². The lowest BCUT2D eigenvalue weighted by molar-refractivity contribution is 0.168. The number of benzene rings is 2. The van der Waals surface area contributed by atoms with Gasteiger partial charge in [0.2, 0.25) is 0 Å². The van der Waals surface area contributed by atoms with Crippen molar-refractivity contribution in [2.24, 2.45) is 5.73 Å². The maximum atomic E-state index is 13.5. The first-order valence-corrected chi connectivity index (χ1v) is 22.5. The molecule has 53 heavy (non-hydrogen) atoms. The zero-order chi connectivity index (χ0) is 40.5. The Labute approximate surface area is 332 Å². The molecule has 9 nitrogen and oxygen atoms in total. The monoisotopic (exact) mass is 819 g/mol. The Bertz CT molecular complexity index is 1450. The smallest absolute Gasteiger partial charge is 0.270 e. The van der Waals surface area contributed by atoms with Crippen LogP contribution in [0, 0.1) is 6.92 Å². The molecule has 3 aromatic rings. The number of nitrogens with one attached hydrogen (secondary N) is 2. The molecular formula is C39H66FN3O6S4. The van der Waals surface area contributed by atoms with Gasteiger partial charge in [-0.2, -0.15) is 8.42 Å². The van der Waals surface area contributed by atoms with Crippen molar-refractivity contribution in [2.45, 2.75) is 116 Å². The van der Waals surface area contributed by atoms with Crippen LogP contribution < -0.4 is 16.4 Å². The molecule has 0 aliphatic carbocycles. The van der Waals surface area contributed by atoms with Crippen LogP contribution in [0.2, 0.25) is 0 Å².